The first kappa shape index (κ1) is 16.5. The molecule has 2 unspecified atom stereocenters. The van der Waals surface area contributed by atoms with Crippen molar-refractivity contribution >= 4 is 0 Å². The Labute approximate surface area is 130 Å². The molecular weight excluding hydrogens is 258 g/mol. The van der Waals surface area contributed by atoms with E-state index in [4.69, 9.17) is 0 Å². The lowest BCUT2D eigenvalue weighted by Gasteiger charge is -2.41. The predicted octanol–water partition coefficient (Wildman–Crippen LogP) is 3.89. The molecule has 21 heavy (non-hydrogen) atoms. The minimum absolute atomic E-state index is 0.507. The van der Waals surface area contributed by atoms with Crippen molar-refractivity contribution in [3.8, 4) is 0 Å². The number of hydrogen-bond donors (Lipinski definition) is 1. The molecule has 0 aromatic carbocycles. The number of hydrogen-bond acceptors (Lipinski definition) is 2. The summed E-state index contributed by atoms with van der Waals surface area (Å²) in [4.78, 5) is 0. The van der Waals surface area contributed by atoms with E-state index in [2.05, 4.69) is 50.5 Å². The molecule has 1 fully saturated rings. The van der Waals surface area contributed by atoms with E-state index in [0.717, 1.165) is 24.9 Å². The van der Waals surface area contributed by atoms with Gasteiger partial charge in [-0.3, -0.25) is 4.68 Å². The molecule has 1 aliphatic carbocycles. The average Bonchev–Trinajstić information content (AvgIpc) is 2.88. The van der Waals surface area contributed by atoms with Gasteiger partial charge in [-0.05, 0) is 74.9 Å². The van der Waals surface area contributed by atoms with Crippen LogP contribution in [0.1, 0.15) is 58.9 Å². The molecule has 1 saturated carbocycles. The highest BCUT2D eigenvalue weighted by atomic mass is 15.3. The molecule has 1 heterocycles. The van der Waals surface area contributed by atoms with E-state index in [1.54, 1.807) is 0 Å². The molecule has 0 spiro atoms. The number of aromatic nitrogens is 2. The molecule has 0 saturated heterocycles. The molecule has 3 nitrogen and oxygen atoms in total. The van der Waals surface area contributed by atoms with Crippen LogP contribution in [0.3, 0.4) is 0 Å². The van der Waals surface area contributed by atoms with Gasteiger partial charge in [-0.25, -0.2) is 0 Å². The van der Waals surface area contributed by atoms with Gasteiger partial charge >= 0.3 is 0 Å². The summed E-state index contributed by atoms with van der Waals surface area (Å²) in [6.07, 6.45) is 10.8. The second-order valence-corrected chi connectivity index (χ2v) is 7.54. The molecule has 120 valence electrons. The summed E-state index contributed by atoms with van der Waals surface area (Å²) in [7, 11) is 0. The number of aryl methyl sites for hydroxylation is 1. The Balaban J connectivity index is 1.98. The minimum atomic E-state index is 0.507. The molecule has 1 aromatic heterocycles. The third kappa shape index (κ3) is 4.84. The van der Waals surface area contributed by atoms with E-state index < -0.39 is 0 Å². The summed E-state index contributed by atoms with van der Waals surface area (Å²) in [6.45, 7) is 12.6. The second-order valence-electron chi connectivity index (χ2n) is 7.54. The number of nitrogens with one attached hydrogen (secondary N) is 1. The van der Waals surface area contributed by atoms with Crippen molar-refractivity contribution in [1.29, 1.82) is 0 Å². The molecule has 0 aliphatic heterocycles. The smallest absolute Gasteiger partial charge is 0.0521 e. The Bertz CT molecular complexity index is 422. The first-order chi connectivity index (χ1) is 10.0. The lowest BCUT2D eigenvalue weighted by molar-refractivity contribution is 0.116. The lowest BCUT2D eigenvalue weighted by Crippen LogP contribution is -2.37. The third-order valence-corrected chi connectivity index (χ3v) is 5.02. The molecular formula is C18H33N3. The summed E-state index contributed by atoms with van der Waals surface area (Å²) in [5.41, 5.74) is 1.92. The topological polar surface area (TPSA) is 29.9 Å². The SMILES string of the molecule is CCCNCC1CCC(C)(C)CC1Cc1cnn(CC)c1. The van der Waals surface area contributed by atoms with Gasteiger partial charge < -0.3 is 5.32 Å². The van der Waals surface area contributed by atoms with Crippen LogP contribution in [0.4, 0.5) is 0 Å². The van der Waals surface area contributed by atoms with Gasteiger partial charge in [0.1, 0.15) is 0 Å². The zero-order valence-electron chi connectivity index (χ0n) is 14.4. The van der Waals surface area contributed by atoms with Crippen LogP contribution in [0.2, 0.25) is 0 Å². The molecule has 2 atom stereocenters. The summed E-state index contributed by atoms with van der Waals surface area (Å²) < 4.78 is 2.05. The molecule has 0 amide bonds. The first-order valence-electron chi connectivity index (χ1n) is 8.76. The van der Waals surface area contributed by atoms with Crippen molar-refractivity contribution in [2.75, 3.05) is 13.1 Å². The van der Waals surface area contributed by atoms with Gasteiger partial charge in [0.05, 0.1) is 6.20 Å². The zero-order valence-corrected chi connectivity index (χ0v) is 14.4. The lowest BCUT2D eigenvalue weighted by atomic mass is 9.65. The Hall–Kier alpha value is -0.830. The Morgan fingerprint density at radius 3 is 2.81 bits per heavy atom. The van der Waals surface area contributed by atoms with Crippen LogP contribution in [-0.2, 0) is 13.0 Å². The van der Waals surface area contributed by atoms with Gasteiger partial charge in [0, 0.05) is 12.7 Å². The fourth-order valence-corrected chi connectivity index (χ4v) is 3.75. The van der Waals surface area contributed by atoms with E-state index in [-0.39, 0.29) is 0 Å². The van der Waals surface area contributed by atoms with Gasteiger partial charge in [0.15, 0.2) is 0 Å². The van der Waals surface area contributed by atoms with Gasteiger partial charge in [0.2, 0.25) is 0 Å². The monoisotopic (exact) mass is 291 g/mol. The van der Waals surface area contributed by atoms with Crippen LogP contribution in [0.15, 0.2) is 12.4 Å². The predicted molar refractivity (Wildman–Crippen MR) is 89.4 cm³/mol. The van der Waals surface area contributed by atoms with Crippen LogP contribution in [0.25, 0.3) is 0 Å². The maximum Gasteiger partial charge on any atom is 0.0521 e. The Kier molecular flexibility index (Phi) is 5.86. The van der Waals surface area contributed by atoms with Crippen LogP contribution < -0.4 is 5.32 Å². The second kappa shape index (κ2) is 7.44. The maximum atomic E-state index is 4.44. The van der Waals surface area contributed by atoms with E-state index in [0.29, 0.717) is 5.41 Å². The molecule has 0 radical (unpaired) electrons. The van der Waals surface area contributed by atoms with Gasteiger partial charge in [-0.15, -0.1) is 0 Å². The van der Waals surface area contributed by atoms with Crippen LogP contribution in [-0.4, -0.2) is 22.9 Å². The van der Waals surface area contributed by atoms with Crippen molar-refractivity contribution in [1.82, 2.24) is 15.1 Å². The molecule has 1 aliphatic rings. The highest BCUT2D eigenvalue weighted by Gasteiger charge is 2.34. The van der Waals surface area contributed by atoms with Crippen molar-refractivity contribution in [3.05, 3.63) is 18.0 Å². The fourth-order valence-electron chi connectivity index (χ4n) is 3.75. The Morgan fingerprint density at radius 2 is 2.14 bits per heavy atom. The van der Waals surface area contributed by atoms with Crippen molar-refractivity contribution in [2.24, 2.45) is 17.3 Å². The largest absolute Gasteiger partial charge is 0.316 e. The van der Waals surface area contributed by atoms with Crippen LogP contribution in [0, 0.1) is 17.3 Å². The fraction of sp³-hybridized carbons (Fsp3) is 0.833. The highest BCUT2D eigenvalue weighted by Crippen LogP contribution is 2.42. The summed E-state index contributed by atoms with van der Waals surface area (Å²) >= 11 is 0. The van der Waals surface area contributed by atoms with E-state index in [1.807, 2.05) is 4.68 Å². The summed E-state index contributed by atoms with van der Waals surface area (Å²) in [5.74, 6) is 1.63. The molecule has 1 N–H and O–H groups in total. The van der Waals surface area contributed by atoms with Crippen molar-refractivity contribution in [2.45, 2.75) is 66.3 Å². The summed E-state index contributed by atoms with van der Waals surface area (Å²) in [6, 6.07) is 0. The van der Waals surface area contributed by atoms with Crippen molar-refractivity contribution in [3.63, 3.8) is 0 Å². The normalized spacial score (nSPS) is 25.1. The van der Waals surface area contributed by atoms with Crippen LogP contribution in [0.5, 0.6) is 0 Å². The molecule has 0 bridgehead atoms. The van der Waals surface area contributed by atoms with Crippen LogP contribution >= 0.6 is 0 Å². The zero-order chi connectivity index (χ0) is 15.3. The first-order valence-corrected chi connectivity index (χ1v) is 8.76. The average molecular weight is 291 g/mol. The maximum absolute atomic E-state index is 4.44. The summed E-state index contributed by atoms with van der Waals surface area (Å²) in [5, 5.41) is 8.08. The standard InChI is InChI=1S/C18H33N3/c1-5-9-19-13-16-7-8-18(3,4)11-17(16)10-15-12-20-21(6-2)14-15/h12,14,16-17,19H,5-11,13H2,1-4H3. The minimum Gasteiger partial charge on any atom is -0.316 e. The van der Waals surface area contributed by atoms with Gasteiger partial charge in [-0.2, -0.15) is 5.10 Å². The van der Waals surface area contributed by atoms with E-state index in [9.17, 15) is 0 Å². The molecule has 3 heteroatoms. The van der Waals surface area contributed by atoms with Crippen molar-refractivity contribution < 1.29 is 0 Å². The van der Waals surface area contributed by atoms with Gasteiger partial charge in [0.25, 0.3) is 0 Å². The highest BCUT2D eigenvalue weighted by molar-refractivity contribution is 5.06. The molecule has 2 rings (SSSR count). The van der Waals surface area contributed by atoms with Gasteiger partial charge in [-0.1, -0.05) is 20.8 Å². The van der Waals surface area contributed by atoms with E-state index in [1.165, 1.54) is 44.2 Å². The number of nitrogens with zero attached hydrogens (tertiary/aromatic N) is 2. The number of rotatable bonds is 7. The molecule has 1 aromatic rings. The van der Waals surface area contributed by atoms with E-state index >= 15 is 0 Å². The Morgan fingerprint density at radius 1 is 1.33 bits per heavy atom. The quantitative estimate of drug-likeness (QED) is 0.772. The third-order valence-electron chi connectivity index (χ3n) is 5.02.